The maximum absolute atomic E-state index is 5.32. The summed E-state index contributed by atoms with van der Waals surface area (Å²) in [5.41, 5.74) is 1.40. The van der Waals surface area contributed by atoms with E-state index in [1.54, 1.807) is 0 Å². The van der Waals surface area contributed by atoms with Crippen LogP contribution in [0.4, 0.5) is 0 Å². The molecule has 0 fully saturated rings. The van der Waals surface area contributed by atoms with Crippen molar-refractivity contribution in [1.82, 2.24) is 0 Å². The summed E-state index contributed by atoms with van der Waals surface area (Å²) < 4.78 is 5.32. The Hall–Kier alpha value is -0.460. The van der Waals surface area contributed by atoms with Gasteiger partial charge in [0, 0.05) is 5.57 Å². The molecule has 0 atom stereocenters. The van der Waals surface area contributed by atoms with Crippen molar-refractivity contribution in [3.8, 4) is 0 Å². The zero-order chi connectivity index (χ0) is 6.36. The summed E-state index contributed by atoms with van der Waals surface area (Å²) in [4.78, 5) is 0. The van der Waals surface area contributed by atoms with Gasteiger partial charge in [-0.1, -0.05) is 0 Å². The second-order valence-electron chi connectivity index (χ2n) is 2.79. The Bertz CT molecular complexity index is 142. The summed E-state index contributed by atoms with van der Waals surface area (Å²) in [6.45, 7) is 8.27. The molecule has 0 spiro atoms. The van der Waals surface area contributed by atoms with Gasteiger partial charge in [0.25, 0.3) is 0 Å². The largest absolute Gasteiger partial charge is 0.488 e. The van der Waals surface area contributed by atoms with Gasteiger partial charge in [-0.3, -0.25) is 0 Å². The molecule has 1 heterocycles. The molecule has 0 amide bonds. The van der Waals surface area contributed by atoms with E-state index < -0.39 is 0 Å². The summed E-state index contributed by atoms with van der Waals surface area (Å²) in [6.07, 6.45) is 0. The molecule has 46 valence electrons. The molecule has 0 N–H and O–H groups in total. The molecule has 1 aliphatic rings. The molecule has 0 aromatic rings. The maximum Gasteiger partial charge on any atom is 0.127 e. The van der Waals surface area contributed by atoms with E-state index in [1.807, 2.05) is 6.92 Å². The normalized spacial score (nSPS) is 24.5. The van der Waals surface area contributed by atoms with Gasteiger partial charge in [0.05, 0.1) is 5.76 Å². The lowest BCUT2D eigenvalue weighted by atomic mass is 9.93. The van der Waals surface area contributed by atoms with E-state index in [4.69, 9.17) is 4.74 Å². The Morgan fingerprint density at radius 3 is 1.75 bits per heavy atom. The summed E-state index contributed by atoms with van der Waals surface area (Å²) in [7, 11) is 0. The Balaban J connectivity index is 2.80. The fourth-order valence-corrected chi connectivity index (χ4v) is 0.913. The molecule has 0 unspecified atom stereocenters. The quantitative estimate of drug-likeness (QED) is 0.466. The van der Waals surface area contributed by atoms with E-state index in [0.717, 1.165) is 5.76 Å². The zero-order valence-electron chi connectivity index (χ0n) is 5.91. The molecule has 1 heteroatoms. The molecule has 1 aliphatic heterocycles. The fourth-order valence-electron chi connectivity index (χ4n) is 0.913. The average molecular weight is 112 g/mol. The molecule has 1 rings (SSSR count). The van der Waals surface area contributed by atoms with E-state index in [0.29, 0.717) is 0 Å². The first-order valence-electron chi connectivity index (χ1n) is 2.91. The first-order valence-corrected chi connectivity index (χ1v) is 2.91. The van der Waals surface area contributed by atoms with Crippen molar-refractivity contribution in [3.05, 3.63) is 11.3 Å². The Kier molecular flexibility index (Phi) is 0.905. The highest BCUT2D eigenvalue weighted by Gasteiger charge is 2.32. The Labute approximate surface area is 50.3 Å². The number of ether oxygens (including phenoxy) is 1. The molecule has 0 aromatic carbocycles. The van der Waals surface area contributed by atoms with Gasteiger partial charge in [0.2, 0.25) is 0 Å². The van der Waals surface area contributed by atoms with Crippen LogP contribution in [0.1, 0.15) is 27.7 Å². The monoisotopic (exact) mass is 112 g/mol. The maximum atomic E-state index is 5.32. The highest BCUT2D eigenvalue weighted by atomic mass is 16.5. The minimum Gasteiger partial charge on any atom is -0.488 e. The predicted octanol–water partition coefficient (Wildman–Crippen LogP) is 2.09. The number of hydrogen-bond acceptors (Lipinski definition) is 1. The van der Waals surface area contributed by atoms with E-state index in [9.17, 15) is 0 Å². The van der Waals surface area contributed by atoms with Gasteiger partial charge in [-0.25, -0.2) is 0 Å². The van der Waals surface area contributed by atoms with Crippen LogP contribution < -0.4 is 0 Å². The van der Waals surface area contributed by atoms with Crippen LogP contribution in [0.2, 0.25) is 0 Å². The fraction of sp³-hybridized carbons (Fsp3) is 0.714. The lowest BCUT2D eigenvalue weighted by Gasteiger charge is -2.38. The standard InChI is InChI=1S/C7H12O/c1-5-6(2)8-7(5,3)4/h1-4H3. The summed E-state index contributed by atoms with van der Waals surface area (Å²) >= 11 is 0. The first-order chi connectivity index (χ1) is 3.54. The van der Waals surface area contributed by atoms with Crippen LogP contribution >= 0.6 is 0 Å². The summed E-state index contributed by atoms with van der Waals surface area (Å²) in [5, 5.41) is 0. The highest BCUT2D eigenvalue weighted by Crippen LogP contribution is 2.35. The summed E-state index contributed by atoms with van der Waals surface area (Å²) in [6, 6.07) is 0. The Morgan fingerprint density at radius 1 is 1.25 bits per heavy atom. The minimum atomic E-state index is 0.0318. The van der Waals surface area contributed by atoms with Crippen molar-refractivity contribution in [2.24, 2.45) is 0 Å². The van der Waals surface area contributed by atoms with Crippen LogP contribution in [-0.2, 0) is 4.74 Å². The van der Waals surface area contributed by atoms with E-state index >= 15 is 0 Å². The van der Waals surface area contributed by atoms with Crippen molar-refractivity contribution in [2.75, 3.05) is 0 Å². The van der Waals surface area contributed by atoms with Gasteiger partial charge in [0.1, 0.15) is 5.60 Å². The lowest BCUT2D eigenvalue weighted by molar-refractivity contribution is 0.0111. The lowest BCUT2D eigenvalue weighted by Crippen LogP contribution is -2.34. The van der Waals surface area contributed by atoms with Gasteiger partial charge in [-0.15, -0.1) is 0 Å². The Morgan fingerprint density at radius 2 is 1.75 bits per heavy atom. The average Bonchev–Trinajstić information content (AvgIpc) is 1.65. The smallest absolute Gasteiger partial charge is 0.127 e. The first kappa shape index (κ1) is 5.67. The van der Waals surface area contributed by atoms with Gasteiger partial charge in [-0.2, -0.15) is 0 Å². The van der Waals surface area contributed by atoms with Crippen LogP contribution in [0.15, 0.2) is 11.3 Å². The van der Waals surface area contributed by atoms with Crippen LogP contribution in [0.25, 0.3) is 0 Å². The molecule has 1 nitrogen and oxygen atoms in total. The third kappa shape index (κ3) is 0.540. The molecule has 0 saturated heterocycles. The highest BCUT2D eigenvalue weighted by molar-refractivity contribution is 5.23. The molecular formula is C7H12O. The van der Waals surface area contributed by atoms with Crippen molar-refractivity contribution < 1.29 is 4.74 Å². The molecule has 0 aromatic heterocycles. The van der Waals surface area contributed by atoms with E-state index in [2.05, 4.69) is 20.8 Å². The predicted molar refractivity (Wildman–Crippen MR) is 33.5 cm³/mol. The number of allylic oxidation sites excluding steroid dienone is 1. The second kappa shape index (κ2) is 1.28. The zero-order valence-corrected chi connectivity index (χ0v) is 5.91. The van der Waals surface area contributed by atoms with E-state index in [-0.39, 0.29) is 5.60 Å². The van der Waals surface area contributed by atoms with Crippen molar-refractivity contribution in [3.63, 3.8) is 0 Å². The molecule has 8 heavy (non-hydrogen) atoms. The van der Waals surface area contributed by atoms with Gasteiger partial charge < -0.3 is 4.74 Å². The van der Waals surface area contributed by atoms with Crippen LogP contribution in [0.3, 0.4) is 0 Å². The third-order valence-corrected chi connectivity index (χ3v) is 1.84. The second-order valence-corrected chi connectivity index (χ2v) is 2.79. The number of rotatable bonds is 0. The van der Waals surface area contributed by atoms with Gasteiger partial charge >= 0.3 is 0 Å². The van der Waals surface area contributed by atoms with Crippen molar-refractivity contribution in [1.29, 1.82) is 0 Å². The topological polar surface area (TPSA) is 9.23 Å². The molecule has 0 saturated carbocycles. The molecular weight excluding hydrogens is 100 g/mol. The van der Waals surface area contributed by atoms with Crippen molar-refractivity contribution >= 4 is 0 Å². The van der Waals surface area contributed by atoms with Crippen LogP contribution in [-0.4, -0.2) is 5.60 Å². The number of hydrogen-bond donors (Lipinski definition) is 0. The van der Waals surface area contributed by atoms with Crippen molar-refractivity contribution in [2.45, 2.75) is 33.3 Å². The van der Waals surface area contributed by atoms with Crippen LogP contribution in [0.5, 0.6) is 0 Å². The van der Waals surface area contributed by atoms with Gasteiger partial charge in [0.15, 0.2) is 0 Å². The van der Waals surface area contributed by atoms with Gasteiger partial charge in [-0.05, 0) is 27.7 Å². The summed E-state index contributed by atoms with van der Waals surface area (Å²) in [5.74, 6) is 1.09. The minimum absolute atomic E-state index is 0.0318. The third-order valence-electron chi connectivity index (χ3n) is 1.84. The van der Waals surface area contributed by atoms with E-state index in [1.165, 1.54) is 5.57 Å². The molecule has 0 radical (unpaired) electrons. The van der Waals surface area contributed by atoms with Crippen LogP contribution in [0, 0.1) is 0 Å². The molecule has 0 aliphatic carbocycles. The molecule has 0 bridgehead atoms. The SMILES string of the molecule is CC1=C(C)C(C)(C)O1.